The van der Waals surface area contributed by atoms with Crippen LogP contribution in [0.2, 0.25) is 0 Å². The Labute approximate surface area is 158 Å². The van der Waals surface area contributed by atoms with Crippen molar-refractivity contribution in [3.8, 4) is 0 Å². The molecule has 1 heterocycles. The quantitative estimate of drug-likeness (QED) is 0.507. The van der Waals surface area contributed by atoms with E-state index in [1.54, 1.807) is 12.1 Å². The topological polar surface area (TPSA) is 117 Å². The van der Waals surface area contributed by atoms with E-state index in [1.165, 1.54) is 4.90 Å². The molecule has 0 saturated carbocycles. The standard InChI is InChI=1S/C17H25NO3.C2H2O4/c1-17(2)10-15(14(12-20-17)11-18(3)4)21-16(19)13-8-6-5-7-9-13;3-1(4)2(5)6/h5-9,14-15H,10-12H2,1-4H3;(H,3,4)(H,5,6). The van der Waals surface area contributed by atoms with Gasteiger partial charge in [0.25, 0.3) is 0 Å². The minimum atomic E-state index is -2.07. The molecule has 0 aromatic heterocycles. The van der Waals surface area contributed by atoms with Crippen LogP contribution in [0.4, 0.5) is 0 Å². The summed E-state index contributed by atoms with van der Waals surface area (Å²) < 4.78 is 11.7. The van der Waals surface area contributed by atoms with E-state index in [4.69, 9.17) is 29.3 Å². The number of nitrogens with one attached hydrogen (secondary N) is 1. The molecule has 2 unspecified atom stereocenters. The van der Waals surface area contributed by atoms with Crippen molar-refractivity contribution in [2.45, 2.75) is 32.0 Å². The van der Waals surface area contributed by atoms with Gasteiger partial charge in [0, 0.05) is 6.42 Å². The second-order valence-corrected chi connectivity index (χ2v) is 7.35. The number of esters is 1. The average molecular weight is 381 g/mol. The van der Waals surface area contributed by atoms with Gasteiger partial charge in [0.2, 0.25) is 0 Å². The van der Waals surface area contributed by atoms with Crippen LogP contribution in [0, 0.1) is 5.92 Å². The lowest BCUT2D eigenvalue weighted by Crippen LogP contribution is -3.07. The molecule has 8 nitrogen and oxygen atoms in total. The Morgan fingerprint density at radius 3 is 2.30 bits per heavy atom. The molecule has 0 radical (unpaired) electrons. The van der Waals surface area contributed by atoms with E-state index in [0.717, 1.165) is 13.0 Å². The summed E-state index contributed by atoms with van der Waals surface area (Å²) in [5.74, 6) is -4.00. The number of aliphatic carboxylic acids is 2. The number of carboxylic acid groups (broad SMARTS) is 2. The molecule has 1 saturated heterocycles. The van der Waals surface area contributed by atoms with Crippen molar-refractivity contribution in [2.75, 3.05) is 27.2 Å². The van der Waals surface area contributed by atoms with Crippen molar-refractivity contribution in [1.29, 1.82) is 0 Å². The summed E-state index contributed by atoms with van der Waals surface area (Å²) in [6.07, 6.45) is 0.653. The number of hydrogen-bond donors (Lipinski definition) is 2. The Morgan fingerprint density at radius 1 is 1.26 bits per heavy atom. The number of quaternary nitrogens is 1. The minimum Gasteiger partial charge on any atom is -0.539 e. The average Bonchev–Trinajstić information content (AvgIpc) is 2.58. The van der Waals surface area contributed by atoms with Crippen molar-refractivity contribution >= 4 is 17.9 Å². The van der Waals surface area contributed by atoms with E-state index in [-0.39, 0.29) is 23.6 Å². The van der Waals surface area contributed by atoms with Crippen LogP contribution >= 0.6 is 0 Å². The first-order valence-electron chi connectivity index (χ1n) is 8.65. The van der Waals surface area contributed by atoms with Gasteiger partial charge in [-0.1, -0.05) is 18.2 Å². The lowest BCUT2D eigenvalue weighted by atomic mass is 9.88. The van der Waals surface area contributed by atoms with Crippen molar-refractivity contribution in [1.82, 2.24) is 0 Å². The highest BCUT2D eigenvalue weighted by atomic mass is 16.6. The Hall–Kier alpha value is -2.45. The van der Waals surface area contributed by atoms with Crippen molar-refractivity contribution in [3.63, 3.8) is 0 Å². The second-order valence-electron chi connectivity index (χ2n) is 7.35. The monoisotopic (exact) mass is 381 g/mol. The molecular formula is C19H27NO7. The Balaban J connectivity index is 0.000000527. The highest BCUT2D eigenvalue weighted by Gasteiger charge is 2.39. The van der Waals surface area contributed by atoms with E-state index in [9.17, 15) is 4.79 Å². The van der Waals surface area contributed by atoms with Gasteiger partial charge in [-0.05, 0) is 26.0 Å². The normalized spacial score (nSPS) is 20.9. The summed E-state index contributed by atoms with van der Waals surface area (Å²) in [5.41, 5.74) is 0.373. The summed E-state index contributed by atoms with van der Waals surface area (Å²) in [4.78, 5) is 31.6. The summed E-state index contributed by atoms with van der Waals surface area (Å²) in [6, 6.07) is 9.18. The third-order valence-corrected chi connectivity index (χ3v) is 4.02. The third-order valence-electron chi connectivity index (χ3n) is 4.02. The number of carbonyl (C=O) groups excluding carboxylic acids is 2. The van der Waals surface area contributed by atoms with E-state index in [1.807, 2.05) is 18.2 Å². The van der Waals surface area contributed by atoms with E-state index in [0.29, 0.717) is 12.2 Å². The number of benzene rings is 1. The van der Waals surface area contributed by atoms with Gasteiger partial charge in [0.1, 0.15) is 6.10 Å². The van der Waals surface area contributed by atoms with Gasteiger partial charge in [0.05, 0.1) is 44.3 Å². The van der Waals surface area contributed by atoms with Gasteiger partial charge in [-0.3, -0.25) is 0 Å². The predicted molar refractivity (Wildman–Crippen MR) is 94.1 cm³/mol. The van der Waals surface area contributed by atoms with Crippen LogP contribution in [-0.4, -0.2) is 62.0 Å². The molecule has 0 bridgehead atoms. The first-order chi connectivity index (χ1) is 12.5. The minimum absolute atomic E-state index is 0.0867. The van der Waals surface area contributed by atoms with Crippen molar-refractivity contribution in [3.05, 3.63) is 35.9 Å². The zero-order valence-corrected chi connectivity index (χ0v) is 16.1. The first kappa shape index (κ1) is 22.6. The number of carbonyl (C=O) groups is 3. The number of hydrogen-bond acceptors (Lipinski definition) is 6. The molecule has 8 heteroatoms. The lowest BCUT2D eigenvalue weighted by molar-refractivity contribution is -0.863. The molecule has 0 amide bonds. The lowest BCUT2D eigenvalue weighted by Gasteiger charge is -2.40. The summed E-state index contributed by atoms with van der Waals surface area (Å²) in [7, 11) is 4.21. The molecular weight excluding hydrogens is 354 g/mol. The fraction of sp³-hybridized carbons (Fsp3) is 0.526. The molecule has 1 aromatic carbocycles. The summed E-state index contributed by atoms with van der Waals surface area (Å²) in [5, 5.41) is 16.3. The smallest absolute Gasteiger partial charge is 0.351 e. The highest BCUT2D eigenvalue weighted by molar-refractivity contribution is 6.26. The molecule has 1 fully saturated rings. The highest BCUT2D eigenvalue weighted by Crippen LogP contribution is 2.30. The SMILES string of the molecule is C[NH+](C)CC1COC(C)(C)CC1OC(=O)c1ccccc1.O=C([O-])C(=O)O. The van der Waals surface area contributed by atoms with Crippen LogP contribution in [0.3, 0.4) is 0 Å². The maximum atomic E-state index is 12.3. The molecule has 2 N–H and O–H groups in total. The summed E-state index contributed by atoms with van der Waals surface area (Å²) in [6.45, 7) is 5.68. The predicted octanol–water partition coefficient (Wildman–Crippen LogP) is -1.01. The molecule has 1 aromatic rings. The van der Waals surface area contributed by atoms with Crippen molar-refractivity contribution in [2.24, 2.45) is 5.92 Å². The maximum Gasteiger partial charge on any atom is 0.351 e. The first-order valence-corrected chi connectivity index (χ1v) is 8.65. The zero-order chi connectivity index (χ0) is 20.6. The molecule has 0 aliphatic carbocycles. The zero-order valence-electron chi connectivity index (χ0n) is 16.1. The van der Waals surface area contributed by atoms with Gasteiger partial charge < -0.3 is 29.4 Å². The fourth-order valence-corrected chi connectivity index (χ4v) is 2.78. The molecule has 1 aliphatic heterocycles. The van der Waals surface area contributed by atoms with Gasteiger partial charge in [-0.2, -0.15) is 0 Å². The number of rotatable bonds is 4. The van der Waals surface area contributed by atoms with Gasteiger partial charge in [0.15, 0.2) is 5.97 Å². The van der Waals surface area contributed by atoms with Crippen LogP contribution in [0.15, 0.2) is 30.3 Å². The molecule has 0 spiro atoms. The van der Waals surface area contributed by atoms with Gasteiger partial charge >= 0.3 is 11.9 Å². The van der Waals surface area contributed by atoms with Crippen molar-refractivity contribution < 1.29 is 39.0 Å². The second kappa shape index (κ2) is 10.0. The Kier molecular flexibility index (Phi) is 8.39. The molecule has 2 atom stereocenters. The van der Waals surface area contributed by atoms with Gasteiger partial charge in [-0.15, -0.1) is 0 Å². The summed E-state index contributed by atoms with van der Waals surface area (Å²) >= 11 is 0. The largest absolute Gasteiger partial charge is 0.539 e. The fourth-order valence-electron chi connectivity index (χ4n) is 2.78. The Bertz CT molecular complexity index is 631. The van der Waals surface area contributed by atoms with Crippen LogP contribution in [0.25, 0.3) is 0 Å². The van der Waals surface area contributed by atoms with Crippen LogP contribution in [-0.2, 0) is 19.1 Å². The van der Waals surface area contributed by atoms with E-state index >= 15 is 0 Å². The molecule has 27 heavy (non-hydrogen) atoms. The van der Waals surface area contributed by atoms with Crippen LogP contribution < -0.4 is 10.0 Å². The number of ether oxygens (including phenoxy) is 2. The van der Waals surface area contributed by atoms with Crippen LogP contribution in [0.5, 0.6) is 0 Å². The Morgan fingerprint density at radius 2 is 1.81 bits per heavy atom. The van der Waals surface area contributed by atoms with E-state index < -0.39 is 11.9 Å². The third kappa shape index (κ3) is 8.19. The van der Waals surface area contributed by atoms with Crippen LogP contribution in [0.1, 0.15) is 30.6 Å². The molecule has 150 valence electrons. The van der Waals surface area contributed by atoms with Gasteiger partial charge in [-0.25, -0.2) is 9.59 Å². The number of carboxylic acids is 2. The maximum absolute atomic E-state index is 12.3. The molecule has 2 rings (SSSR count). The van der Waals surface area contributed by atoms with E-state index in [2.05, 4.69) is 27.9 Å². The molecule has 1 aliphatic rings.